The number of hydrogen-bond acceptors (Lipinski definition) is 4. The van der Waals surface area contributed by atoms with Crippen LogP contribution in [0.2, 0.25) is 0 Å². The van der Waals surface area contributed by atoms with Crippen molar-refractivity contribution in [1.82, 2.24) is 4.90 Å². The zero-order valence-corrected chi connectivity index (χ0v) is 10.2. The molecule has 1 aliphatic heterocycles. The maximum Gasteiger partial charge on any atom is 0.291 e. The minimum atomic E-state index is -0.166. The van der Waals surface area contributed by atoms with Gasteiger partial charge in [0.15, 0.2) is 0 Å². The molecule has 0 aliphatic carbocycles. The van der Waals surface area contributed by atoms with E-state index in [1.807, 2.05) is 13.8 Å². The molecule has 0 spiro atoms. The number of ether oxygens (including phenoxy) is 2. The molecule has 0 aromatic rings. The molecule has 16 heavy (non-hydrogen) atoms. The van der Waals surface area contributed by atoms with Gasteiger partial charge in [-0.25, -0.2) is 0 Å². The van der Waals surface area contributed by atoms with E-state index >= 15 is 0 Å². The Hall–Kier alpha value is -1.23. The molecule has 2 N–H and O–H groups in total. The van der Waals surface area contributed by atoms with E-state index < -0.39 is 0 Å². The van der Waals surface area contributed by atoms with Crippen molar-refractivity contribution in [3.05, 3.63) is 12.0 Å². The maximum atomic E-state index is 11.9. The Labute approximate surface area is 96.2 Å². The topological polar surface area (TPSA) is 64.8 Å². The predicted molar refractivity (Wildman–Crippen MR) is 60.5 cm³/mol. The van der Waals surface area contributed by atoms with Gasteiger partial charge in [0.05, 0.1) is 0 Å². The highest BCUT2D eigenvalue weighted by Gasteiger charge is 2.25. The molecule has 1 amide bonds. The Morgan fingerprint density at radius 1 is 1.56 bits per heavy atom. The first kappa shape index (κ1) is 12.8. The third-order valence-electron chi connectivity index (χ3n) is 2.42. The molecule has 1 heterocycles. The van der Waals surface area contributed by atoms with Crippen LogP contribution in [0.4, 0.5) is 0 Å². The first-order valence-electron chi connectivity index (χ1n) is 5.36. The second-order valence-corrected chi connectivity index (χ2v) is 4.73. The van der Waals surface area contributed by atoms with Gasteiger partial charge in [-0.05, 0) is 12.0 Å². The Balaban J connectivity index is 2.56. The summed E-state index contributed by atoms with van der Waals surface area (Å²) in [6, 6.07) is 0. The number of carbonyl (C=O) groups excluding carboxylic acids is 1. The van der Waals surface area contributed by atoms with Crippen molar-refractivity contribution in [1.29, 1.82) is 0 Å². The number of rotatable bonds is 4. The van der Waals surface area contributed by atoms with Gasteiger partial charge in [0.2, 0.25) is 5.76 Å². The van der Waals surface area contributed by atoms with E-state index in [0.29, 0.717) is 26.3 Å². The third-order valence-corrected chi connectivity index (χ3v) is 2.42. The van der Waals surface area contributed by atoms with Crippen LogP contribution in [-0.2, 0) is 14.3 Å². The first-order valence-corrected chi connectivity index (χ1v) is 5.36. The minimum Gasteiger partial charge on any atom is -0.494 e. The van der Waals surface area contributed by atoms with E-state index in [1.54, 1.807) is 11.9 Å². The lowest BCUT2D eigenvalue weighted by Crippen LogP contribution is -2.41. The second-order valence-electron chi connectivity index (χ2n) is 4.73. The van der Waals surface area contributed by atoms with Crippen molar-refractivity contribution in [2.75, 3.05) is 33.4 Å². The summed E-state index contributed by atoms with van der Waals surface area (Å²) in [5.74, 6) is 0.0998. The summed E-state index contributed by atoms with van der Waals surface area (Å²) in [4.78, 5) is 13.5. The zero-order valence-electron chi connectivity index (χ0n) is 10.2. The molecule has 0 radical (unpaired) electrons. The van der Waals surface area contributed by atoms with E-state index in [1.165, 1.54) is 6.26 Å². The molecular weight excluding hydrogens is 208 g/mol. The third kappa shape index (κ3) is 3.41. The molecule has 1 aliphatic rings. The van der Waals surface area contributed by atoms with Crippen molar-refractivity contribution in [2.24, 2.45) is 11.1 Å². The lowest BCUT2D eigenvalue weighted by molar-refractivity contribution is -0.132. The fourth-order valence-corrected chi connectivity index (χ4v) is 1.45. The minimum absolute atomic E-state index is 0.0967. The molecule has 0 aromatic heterocycles. The monoisotopic (exact) mass is 228 g/mol. The molecule has 0 unspecified atom stereocenters. The van der Waals surface area contributed by atoms with Crippen LogP contribution in [0.25, 0.3) is 0 Å². The number of nitrogens with zero attached hydrogens (tertiary/aromatic N) is 1. The molecule has 0 aromatic carbocycles. The van der Waals surface area contributed by atoms with Crippen LogP contribution in [0, 0.1) is 5.41 Å². The largest absolute Gasteiger partial charge is 0.494 e. The highest BCUT2D eigenvalue weighted by atomic mass is 16.6. The summed E-state index contributed by atoms with van der Waals surface area (Å²) in [7, 11) is 1.73. The smallest absolute Gasteiger partial charge is 0.291 e. The Kier molecular flexibility index (Phi) is 4.18. The lowest BCUT2D eigenvalue weighted by Gasteiger charge is -2.29. The summed E-state index contributed by atoms with van der Waals surface area (Å²) in [5.41, 5.74) is 5.53. The van der Waals surface area contributed by atoms with Crippen LogP contribution in [-0.4, -0.2) is 44.2 Å². The van der Waals surface area contributed by atoms with E-state index in [0.717, 1.165) is 0 Å². The zero-order chi connectivity index (χ0) is 12.2. The Bertz CT molecular complexity index is 287. The number of carbonyl (C=O) groups is 1. The van der Waals surface area contributed by atoms with Gasteiger partial charge in [0, 0.05) is 13.6 Å². The van der Waals surface area contributed by atoms with Gasteiger partial charge in [-0.3, -0.25) is 4.79 Å². The summed E-state index contributed by atoms with van der Waals surface area (Å²) < 4.78 is 10.3. The van der Waals surface area contributed by atoms with Gasteiger partial charge >= 0.3 is 0 Å². The van der Waals surface area contributed by atoms with Crippen molar-refractivity contribution in [2.45, 2.75) is 13.8 Å². The molecule has 0 bridgehead atoms. The average Bonchev–Trinajstić information content (AvgIpc) is 2.28. The fourth-order valence-electron chi connectivity index (χ4n) is 1.45. The molecule has 5 nitrogen and oxygen atoms in total. The van der Waals surface area contributed by atoms with Gasteiger partial charge in [0.25, 0.3) is 5.91 Å². The van der Waals surface area contributed by atoms with Crippen LogP contribution in [0.15, 0.2) is 12.0 Å². The van der Waals surface area contributed by atoms with Crippen molar-refractivity contribution >= 4 is 5.91 Å². The molecule has 0 saturated heterocycles. The highest BCUT2D eigenvalue weighted by molar-refractivity contribution is 5.91. The predicted octanol–water partition coefficient (Wildman–Crippen LogP) is 0.318. The van der Waals surface area contributed by atoms with Crippen molar-refractivity contribution in [3.8, 4) is 0 Å². The lowest BCUT2D eigenvalue weighted by atomic mass is 9.93. The van der Waals surface area contributed by atoms with Crippen LogP contribution in [0.5, 0.6) is 0 Å². The van der Waals surface area contributed by atoms with Crippen LogP contribution >= 0.6 is 0 Å². The Morgan fingerprint density at radius 2 is 2.25 bits per heavy atom. The molecule has 0 fully saturated rings. The molecule has 1 rings (SSSR count). The summed E-state index contributed by atoms with van der Waals surface area (Å²) in [6.07, 6.45) is 1.37. The van der Waals surface area contributed by atoms with Crippen LogP contribution in [0.1, 0.15) is 13.8 Å². The SMILES string of the molecule is CN(CC(C)(C)CN)C(=O)C1=COCCO1. The summed E-state index contributed by atoms with van der Waals surface area (Å²) in [6.45, 7) is 6.07. The first-order chi connectivity index (χ1) is 7.46. The van der Waals surface area contributed by atoms with Crippen LogP contribution in [0.3, 0.4) is 0 Å². The number of hydrogen-bond donors (Lipinski definition) is 1. The molecule has 92 valence electrons. The highest BCUT2D eigenvalue weighted by Crippen LogP contribution is 2.16. The summed E-state index contributed by atoms with van der Waals surface area (Å²) >= 11 is 0. The van der Waals surface area contributed by atoms with Crippen molar-refractivity contribution in [3.63, 3.8) is 0 Å². The van der Waals surface area contributed by atoms with Gasteiger partial charge in [0.1, 0.15) is 19.5 Å². The normalized spacial score (nSPS) is 15.9. The summed E-state index contributed by atoms with van der Waals surface area (Å²) in [5, 5.41) is 0. The van der Waals surface area contributed by atoms with Gasteiger partial charge < -0.3 is 20.1 Å². The van der Waals surface area contributed by atoms with E-state index in [2.05, 4.69) is 0 Å². The standard InChI is InChI=1S/C11H20N2O3/c1-11(2,7-12)8-13(3)10(14)9-6-15-4-5-16-9/h6H,4-5,7-8,12H2,1-3H3. The van der Waals surface area contributed by atoms with Crippen LogP contribution < -0.4 is 5.73 Å². The quantitative estimate of drug-likeness (QED) is 0.752. The second kappa shape index (κ2) is 5.21. The Morgan fingerprint density at radius 3 is 2.75 bits per heavy atom. The van der Waals surface area contributed by atoms with E-state index in [4.69, 9.17) is 15.2 Å². The molecular formula is C11H20N2O3. The van der Waals surface area contributed by atoms with Gasteiger partial charge in [-0.2, -0.15) is 0 Å². The van der Waals surface area contributed by atoms with Crippen molar-refractivity contribution < 1.29 is 14.3 Å². The molecule has 0 atom stereocenters. The number of amides is 1. The van der Waals surface area contributed by atoms with Gasteiger partial charge in [-0.15, -0.1) is 0 Å². The number of nitrogens with two attached hydrogens (primary N) is 1. The molecule has 5 heteroatoms. The van der Waals surface area contributed by atoms with E-state index in [9.17, 15) is 4.79 Å². The molecule has 0 saturated carbocycles. The van der Waals surface area contributed by atoms with E-state index in [-0.39, 0.29) is 17.1 Å². The average molecular weight is 228 g/mol. The maximum absolute atomic E-state index is 11.9. The fraction of sp³-hybridized carbons (Fsp3) is 0.727. The van der Waals surface area contributed by atoms with Gasteiger partial charge in [-0.1, -0.05) is 13.8 Å². The number of likely N-dealkylation sites (N-methyl/N-ethyl adjacent to an activating group) is 1.